The normalized spacial score (nSPS) is 14.7. The number of carbonyl (C=O) groups is 2. The Bertz CT molecular complexity index is 664. The number of piperazine rings is 1. The second-order valence-electron chi connectivity index (χ2n) is 5.57. The van der Waals surface area contributed by atoms with Gasteiger partial charge in [-0.1, -0.05) is 6.07 Å². The largest absolute Gasteiger partial charge is 0.459 e. The Labute approximate surface area is 140 Å². The fourth-order valence-electron chi connectivity index (χ4n) is 2.63. The summed E-state index contributed by atoms with van der Waals surface area (Å²) in [6, 6.07) is 9.04. The summed E-state index contributed by atoms with van der Waals surface area (Å²) >= 11 is 0. The van der Waals surface area contributed by atoms with E-state index in [4.69, 9.17) is 4.42 Å². The average Bonchev–Trinajstić information content (AvgIpc) is 3.17. The lowest BCUT2D eigenvalue weighted by Gasteiger charge is -2.34. The second kappa shape index (κ2) is 7.74. The van der Waals surface area contributed by atoms with Crippen LogP contribution in [0.2, 0.25) is 0 Å². The van der Waals surface area contributed by atoms with Crippen LogP contribution in [0.25, 0.3) is 0 Å². The number of hydrogen-bond acceptors (Lipinski definition) is 5. The molecule has 1 aliphatic rings. The number of furan rings is 1. The van der Waals surface area contributed by atoms with Crippen LogP contribution in [0, 0.1) is 0 Å². The van der Waals surface area contributed by atoms with Crippen molar-refractivity contribution in [2.75, 3.05) is 32.7 Å². The van der Waals surface area contributed by atoms with Crippen molar-refractivity contribution in [2.45, 2.75) is 6.54 Å². The van der Waals surface area contributed by atoms with Gasteiger partial charge in [0.1, 0.15) is 0 Å². The van der Waals surface area contributed by atoms with E-state index in [0.717, 1.165) is 5.69 Å². The lowest BCUT2D eigenvalue weighted by Crippen LogP contribution is -2.52. The van der Waals surface area contributed by atoms with E-state index in [9.17, 15) is 9.59 Å². The molecule has 0 aliphatic carbocycles. The van der Waals surface area contributed by atoms with Crippen molar-refractivity contribution in [1.82, 2.24) is 20.1 Å². The van der Waals surface area contributed by atoms with E-state index in [0.29, 0.717) is 38.5 Å². The Balaban J connectivity index is 1.41. The van der Waals surface area contributed by atoms with Crippen molar-refractivity contribution in [3.63, 3.8) is 0 Å². The minimum absolute atomic E-state index is 0.0380. The topological polar surface area (TPSA) is 78.7 Å². The maximum atomic E-state index is 12.2. The molecule has 3 rings (SSSR count). The van der Waals surface area contributed by atoms with Gasteiger partial charge in [-0.25, -0.2) is 0 Å². The molecule has 1 N–H and O–H groups in total. The molecule has 7 heteroatoms. The van der Waals surface area contributed by atoms with Crippen molar-refractivity contribution in [2.24, 2.45) is 0 Å². The van der Waals surface area contributed by atoms with Crippen molar-refractivity contribution in [3.8, 4) is 0 Å². The molecule has 3 heterocycles. The molecule has 1 saturated heterocycles. The molecular formula is C17H20N4O3. The van der Waals surface area contributed by atoms with Crippen LogP contribution in [0.15, 0.2) is 47.2 Å². The summed E-state index contributed by atoms with van der Waals surface area (Å²) in [4.78, 5) is 32.1. The Kier molecular flexibility index (Phi) is 5.22. The van der Waals surface area contributed by atoms with Crippen LogP contribution in [0.1, 0.15) is 16.2 Å². The number of nitrogens with zero attached hydrogens (tertiary/aromatic N) is 3. The Morgan fingerprint density at radius 2 is 1.88 bits per heavy atom. The van der Waals surface area contributed by atoms with E-state index >= 15 is 0 Å². The third-order valence-electron chi connectivity index (χ3n) is 3.96. The minimum Gasteiger partial charge on any atom is -0.459 e. The lowest BCUT2D eigenvalue weighted by molar-refractivity contribution is -0.131. The number of pyridine rings is 1. The molecule has 0 radical (unpaired) electrons. The molecule has 0 unspecified atom stereocenters. The quantitative estimate of drug-likeness (QED) is 0.876. The third-order valence-corrected chi connectivity index (χ3v) is 3.96. The van der Waals surface area contributed by atoms with Gasteiger partial charge in [0, 0.05) is 38.9 Å². The summed E-state index contributed by atoms with van der Waals surface area (Å²) in [5.74, 6) is 0.253. The number of hydrogen-bond donors (Lipinski definition) is 1. The van der Waals surface area contributed by atoms with Crippen molar-refractivity contribution < 1.29 is 14.0 Å². The molecule has 0 aromatic carbocycles. The predicted molar refractivity (Wildman–Crippen MR) is 87.1 cm³/mol. The summed E-state index contributed by atoms with van der Waals surface area (Å²) in [6.45, 7) is 2.94. The van der Waals surface area contributed by atoms with Gasteiger partial charge in [0.2, 0.25) is 5.91 Å². The number of amides is 2. The Morgan fingerprint density at radius 3 is 2.54 bits per heavy atom. The molecule has 1 fully saturated rings. The molecule has 0 atom stereocenters. The molecule has 0 bridgehead atoms. The van der Waals surface area contributed by atoms with E-state index in [1.165, 1.54) is 6.26 Å². The van der Waals surface area contributed by atoms with Gasteiger partial charge < -0.3 is 19.5 Å². The maximum Gasteiger partial charge on any atom is 0.289 e. The van der Waals surface area contributed by atoms with Crippen molar-refractivity contribution in [1.29, 1.82) is 0 Å². The Hall–Kier alpha value is -2.67. The molecule has 1 aliphatic heterocycles. The summed E-state index contributed by atoms with van der Waals surface area (Å²) in [5, 5.41) is 3.11. The summed E-state index contributed by atoms with van der Waals surface area (Å²) in [6.07, 6.45) is 3.22. The van der Waals surface area contributed by atoms with Crippen LogP contribution in [-0.4, -0.2) is 59.3 Å². The molecule has 2 aromatic heterocycles. The summed E-state index contributed by atoms with van der Waals surface area (Å²) in [7, 11) is 0. The van der Waals surface area contributed by atoms with Gasteiger partial charge in [0.05, 0.1) is 18.5 Å². The molecule has 2 amide bonds. The number of rotatable bonds is 5. The maximum absolute atomic E-state index is 12.2. The van der Waals surface area contributed by atoms with Gasteiger partial charge in [0.25, 0.3) is 5.91 Å². The van der Waals surface area contributed by atoms with Gasteiger partial charge in [-0.2, -0.15) is 0 Å². The van der Waals surface area contributed by atoms with Gasteiger partial charge in [-0.3, -0.25) is 14.6 Å². The number of carbonyl (C=O) groups excluding carboxylic acids is 2. The van der Waals surface area contributed by atoms with Crippen LogP contribution in [0.5, 0.6) is 0 Å². The van der Waals surface area contributed by atoms with E-state index in [1.807, 2.05) is 18.2 Å². The zero-order valence-corrected chi connectivity index (χ0v) is 13.4. The van der Waals surface area contributed by atoms with Gasteiger partial charge in [0.15, 0.2) is 5.76 Å². The molecular weight excluding hydrogens is 308 g/mol. The van der Waals surface area contributed by atoms with Crippen molar-refractivity contribution >= 4 is 11.8 Å². The zero-order chi connectivity index (χ0) is 16.8. The van der Waals surface area contributed by atoms with E-state index < -0.39 is 0 Å². The first-order valence-electron chi connectivity index (χ1n) is 7.95. The van der Waals surface area contributed by atoms with Gasteiger partial charge >= 0.3 is 0 Å². The van der Waals surface area contributed by atoms with E-state index in [1.54, 1.807) is 28.1 Å². The van der Waals surface area contributed by atoms with Gasteiger partial charge in [-0.05, 0) is 24.3 Å². The third kappa shape index (κ3) is 3.99. The highest BCUT2D eigenvalue weighted by Crippen LogP contribution is 2.09. The number of nitrogens with one attached hydrogen (secondary N) is 1. The highest BCUT2D eigenvalue weighted by molar-refractivity contribution is 5.91. The fourth-order valence-corrected chi connectivity index (χ4v) is 2.63. The zero-order valence-electron chi connectivity index (χ0n) is 13.4. The Morgan fingerprint density at radius 1 is 1.08 bits per heavy atom. The number of aromatic nitrogens is 1. The first-order chi connectivity index (χ1) is 11.7. The summed E-state index contributed by atoms with van der Waals surface area (Å²) < 4.78 is 5.13. The highest BCUT2D eigenvalue weighted by Gasteiger charge is 2.25. The van der Waals surface area contributed by atoms with E-state index in [2.05, 4.69) is 10.3 Å². The monoisotopic (exact) mass is 328 g/mol. The predicted octanol–water partition coefficient (Wildman–Crippen LogP) is 0.749. The van der Waals surface area contributed by atoms with Crippen LogP contribution < -0.4 is 5.32 Å². The standard InChI is InChI=1S/C17H20N4O3/c22-16(13-18-12-14-4-1-2-6-19-14)20-7-9-21(10-8-20)17(23)15-5-3-11-24-15/h1-6,11,18H,7-10,12-13H2. The molecule has 24 heavy (non-hydrogen) atoms. The SMILES string of the molecule is O=C(CNCc1ccccn1)N1CCN(C(=O)c2ccco2)CC1. The summed E-state index contributed by atoms with van der Waals surface area (Å²) in [5.41, 5.74) is 0.902. The van der Waals surface area contributed by atoms with Crippen LogP contribution >= 0.6 is 0 Å². The van der Waals surface area contributed by atoms with Crippen molar-refractivity contribution in [3.05, 3.63) is 54.2 Å². The first kappa shape index (κ1) is 16.2. The van der Waals surface area contributed by atoms with Gasteiger partial charge in [-0.15, -0.1) is 0 Å². The second-order valence-corrected chi connectivity index (χ2v) is 5.57. The average molecular weight is 328 g/mol. The molecule has 0 saturated carbocycles. The molecule has 126 valence electrons. The van der Waals surface area contributed by atoms with E-state index in [-0.39, 0.29) is 18.4 Å². The van der Waals surface area contributed by atoms with Crippen LogP contribution in [0.4, 0.5) is 0 Å². The first-order valence-corrected chi connectivity index (χ1v) is 7.95. The molecule has 7 nitrogen and oxygen atoms in total. The smallest absolute Gasteiger partial charge is 0.289 e. The fraction of sp³-hybridized carbons (Fsp3) is 0.353. The van der Waals surface area contributed by atoms with Crippen LogP contribution in [-0.2, 0) is 11.3 Å². The molecule has 2 aromatic rings. The lowest BCUT2D eigenvalue weighted by atomic mass is 10.2. The molecule has 0 spiro atoms. The highest BCUT2D eigenvalue weighted by atomic mass is 16.3. The minimum atomic E-state index is -0.125. The van der Waals surface area contributed by atoms with Crippen LogP contribution in [0.3, 0.4) is 0 Å².